The van der Waals surface area contributed by atoms with Gasteiger partial charge >= 0.3 is 0 Å². The lowest BCUT2D eigenvalue weighted by Gasteiger charge is -2.11. The van der Waals surface area contributed by atoms with E-state index in [1.54, 1.807) is 12.3 Å². The van der Waals surface area contributed by atoms with Crippen LogP contribution in [0, 0.1) is 5.82 Å². The number of aromatic nitrogens is 4. The molecule has 0 bridgehead atoms. The molecule has 0 aliphatic rings. The minimum Gasteiger partial charge on any atom is -0.375 e. The highest BCUT2D eigenvalue weighted by Crippen LogP contribution is 2.37. The standard InChI is InChI=1S/C32H34FN7OS/c1-39(2)16-5-4-9-22-12-13-24(20-25(22)33)36-32-35-15-14-26(37-32)30-29(38-31(34)42-30)23-10-6-8-21(18-23)19-28(41)27-11-7-17-40(27)3/h6-8,10-15,17-18,20H,4-5,9,16,19H2,1-3H3,(H2,34,38)(H,35,36,37). The fourth-order valence-corrected chi connectivity index (χ4v) is 5.63. The van der Waals surface area contributed by atoms with Crippen molar-refractivity contribution in [2.24, 2.45) is 7.05 Å². The Morgan fingerprint density at radius 2 is 1.93 bits per heavy atom. The first-order valence-electron chi connectivity index (χ1n) is 13.8. The van der Waals surface area contributed by atoms with Crippen LogP contribution in [0.25, 0.3) is 21.8 Å². The van der Waals surface area contributed by atoms with Crippen LogP contribution in [-0.4, -0.2) is 50.8 Å². The first kappa shape index (κ1) is 29.1. The van der Waals surface area contributed by atoms with Crippen molar-refractivity contribution in [2.45, 2.75) is 25.7 Å². The lowest BCUT2D eigenvalue weighted by atomic mass is 10.0. The number of nitrogens with one attached hydrogen (secondary N) is 1. The van der Waals surface area contributed by atoms with Crippen molar-refractivity contribution in [1.82, 2.24) is 24.4 Å². The van der Waals surface area contributed by atoms with E-state index in [0.717, 1.165) is 35.4 Å². The van der Waals surface area contributed by atoms with Crippen LogP contribution in [0.1, 0.15) is 34.5 Å². The van der Waals surface area contributed by atoms with Gasteiger partial charge < -0.3 is 20.5 Å². The quantitative estimate of drug-likeness (QED) is 0.130. The number of thiazole rings is 1. The molecule has 42 heavy (non-hydrogen) atoms. The smallest absolute Gasteiger partial charge is 0.227 e. The summed E-state index contributed by atoms with van der Waals surface area (Å²) < 4.78 is 16.6. The molecule has 0 radical (unpaired) electrons. The number of anilines is 3. The Balaban J connectivity index is 1.33. The number of Topliss-reactive ketones (excluding diaryl/α,β-unsaturated/α-hetero) is 1. The van der Waals surface area contributed by atoms with Crippen molar-refractivity contribution in [3.8, 4) is 21.8 Å². The minimum absolute atomic E-state index is 0.0398. The molecule has 0 atom stereocenters. The molecule has 0 amide bonds. The summed E-state index contributed by atoms with van der Waals surface area (Å²) in [5, 5.41) is 3.53. The zero-order chi connectivity index (χ0) is 29.6. The van der Waals surface area contributed by atoms with Crippen molar-refractivity contribution in [2.75, 3.05) is 31.7 Å². The van der Waals surface area contributed by atoms with Gasteiger partial charge in [0.2, 0.25) is 5.95 Å². The number of nitrogens with two attached hydrogens (primary N) is 1. The van der Waals surface area contributed by atoms with E-state index in [-0.39, 0.29) is 18.0 Å². The maximum atomic E-state index is 14.8. The van der Waals surface area contributed by atoms with Crippen molar-refractivity contribution in [3.05, 3.63) is 95.7 Å². The molecule has 0 aliphatic carbocycles. The first-order valence-corrected chi connectivity index (χ1v) is 14.6. The van der Waals surface area contributed by atoms with Gasteiger partial charge in [0.05, 0.1) is 22.0 Å². The summed E-state index contributed by atoms with van der Waals surface area (Å²) in [7, 11) is 5.94. The summed E-state index contributed by atoms with van der Waals surface area (Å²) >= 11 is 1.33. The third-order valence-electron chi connectivity index (χ3n) is 6.94. The van der Waals surface area contributed by atoms with Gasteiger partial charge in [0.15, 0.2) is 10.9 Å². The van der Waals surface area contributed by atoms with Gasteiger partial charge in [-0.1, -0.05) is 35.6 Å². The SMILES string of the molecule is CN(C)CCCCc1ccc(Nc2nccc(-c3sc(N)nc3-c3cccc(CC(=O)c4cccn4C)c3)n2)cc1F. The maximum Gasteiger partial charge on any atom is 0.227 e. The highest BCUT2D eigenvalue weighted by Gasteiger charge is 2.17. The number of hydrogen-bond acceptors (Lipinski definition) is 8. The molecule has 0 spiro atoms. The molecule has 216 valence electrons. The second-order valence-corrected chi connectivity index (χ2v) is 11.5. The number of nitrogen functional groups attached to an aromatic ring is 1. The summed E-state index contributed by atoms with van der Waals surface area (Å²) in [5.41, 5.74) is 11.1. The maximum absolute atomic E-state index is 14.8. The molecule has 3 aromatic heterocycles. The largest absolute Gasteiger partial charge is 0.375 e. The molecule has 0 aliphatic heterocycles. The van der Waals surface area contributed by atoms with Crippen molar-refractivity contribution in [3.63, 3.8) is 0 Å². The van der Waals surface area contributed by atoms with Gasteiger partial charge in [-0.3, -0.25) is 4.79 Å². The number of carbonyl (C=O) groups excluding carboxylic acids is 1. The van der Waals surface area contributed by atoms with Crippen LogP contribution in [0.4, 0.5) is 21.2 Å². The number of benzene rings is 2. The van der Waals surface area contributed by atoms with Gasteiger partial charge in [0.1, 0.15) is 5.82 Å². The number of aryl methyl sites for hydroxylation is 2. The summed E-state index contributed by atoms with van der Waals surface area (Å²) in [5.74, 6) is 0.132. The Labute approximate surface area is 249 Å². The van der Waals surface area contributed by atoms with E-state index in [0.29, 0.717) is 45.8 Å². The lowest BCUT2D eigenvalue weighted by Crippen LogP contribution is -2.13. The van der Waals surface area contributed by atoms with E-state index < -0.39 is 0 Å². The average Bonchev–Trinajstić information content (AvgIpc) is 3.57. The number of carbonyl (C=O) groups is 1. The van der Waals surface area contributed by atoms with E-state index in [4.69, 9.17) is 5.73 Å². The van der Waals surface area contributed by atoms with Crippen molar-refractivity contribution < 1.29 is 9.18 Å². The van der Waals surface area contributed by atoms with Crippen LogP contribution in [0.15, 0.2) is 73.1 Å². The third kappa shape index (κ3) is 7.07. The first-order chi connectivity index (χ1) is 20.3. The van der Waals surface area contributed by atoms with Crippen LogP contribution in [0.5, 0.6) is 0 Å². The Morgan fingerprint density at radius 3 is 2.69 bits per heavy atom. The van der Waals surface area contributed by atoms with E-state index >= 15 is 0 Å². The molecule has 3 heterocycles. The van der Waals surface area contributed by atoms with Gasteiger partial charge in [0, 0.05) is 37.1 Å². The fraction of sp³-hybridized carbons (Fsp3) is 0.250. The van der Waals surface area contributed by atoms with Crippen LogP contribution in [-0.2, 0) is 19.9 Å². The van der Waals surface area contributed by atoms with Crippen molar-refractivity contribution in [1.29, 1.82) is 0 Å². The molecule has 5 aromatic rings. The summed E-state index contributed by atoms with van der Waals surface area (Å²) in [6.07, 6.45) is 6.43. The number of hydrogen-bond donors (Lipinski definition) is 2. The van der Waals surface area contributed by atoms with Gasteiger partial charge in [-0.05, 0) is 87.4 Å². The van der Waals surface area contributed by atoms with E-state index in [1.165, 1.54) is 17.4 Å². The fourth-order valence-electron chi connectivity index (χ4n) is 4.81. The number of rotatable bonds is 12. The third-order valence-corrected chi connectivity index (χ3v) is 7.84. The van der Waals surface area contributed by atoms with Gasteiger partial charge in [0.25, 0.3) is 0 Å². The molecule has 0 saturated carbocycles. The molecule has 8 nitrogen and oxygen atoms in total. The van der Waals surface area contributed by atoms with E-state index in [9.17, 15) is 9.18 Å². The Hall–Kier alpha value is -4.41. The Bertz CT molecular complexity index is 1690. The van der Waals surface area contributed by atoms with Crippen LogP contribution < -0.4 is 11.1 Å². The second kappa shape index (κ2) is 13.1. The number of unbranched alkanes of at least 4 members (excludes halogenated alkanes) is 1. The zero-order valence-electron chi connectivity index (χ0n) is 24.0. The zero-order valence-corrected chi connectivity index (χ0v) is 24.8. The van der Waals surface area contributed by atoms with Gasteiger partial charge in [-0.2, -0.15) is 0 Å². The summed E-state index contributed by atoms with van der Waals surface area (Å²) in [6.45, 7) is 0.987. The predicted octanol–water partition coefficient (Wildman–Crippen LogP) is 6.38. The van der Waals surface area contributed by atoms with E-state index in [2.05, 4.69) is 25.2 Å². The summed E-state index contributed by atoms with van der Waals surface area (Å²) in [6, 6.07) is 18.4. The monoisotopic (exact) mass is 583 g/mol. The van der Waals surface area contributed by atoms with Gasteiger partial charge in [-0.15, -0.1) is 0 Å². The second-order valence-electron chi connectivity index (χ2n) is 10.5. The summed E-state index contributed by atoms with van der Waals surface area (Å²) in [4.78, 5) is 29.4. The minimum atomic E-state index is -0.246. The normalized spacial score (nSPS) is 11.3. The molecule has 10 heteroatoms. The number of nitrogens with zero attached hydrogens (tertiary/aromatic N) is 5. The molecule has 0 fully saturated rings. The number of ketones is 1. The molecule has 3 N–H and O–H groups in total. The highest BCUT2D eigenvalue weighted by atomic mass is 32.1. The van der Waals surface area contributed by atoms with E-state index in [1.807, 2.05) is 80.4 Å². The number of halogens is 1. The Kier molecular flexibility index (Phi) is 9.04. The predicted molar refractivity (Wildman–Crippen MR) is 168 cm³/mol. The van der Waals surface area contributed by atoms with Crippen LogP contribution in [0.2, 0.25) is 0 Å². The lowest BCUT2D eigenvalue weighted by molar-refractivity contribution is 0.0985. The molecule has 5 rings (SSSR count). The van der Waals surface area contributed by atoms with Crippen LogP contribution >= 0.6 is 11.3 Å². The molecule has 0 unspecified atom stereocenters. The molecular weight excluding hydrogens is 549 g/mol. The topological polar surface area (TPSA) is 102 Å². The van der Waals surface area contributed by atoms with Crippen LogP contribution in [0.3, 0.4) is 0 Å². The Morgan fingerprint density at radius 1 is 1.07 bits per heavy atom. The molecule has 2 aromatic carbocycles. The molecular formula is C32H34FN7OS. The van der Waals surface area contributed by atoms with Crippen molar-refractivity contribution >= 4 is 33.9 Å². The molecule has 0 saturated heterocycles. The van der Waals surface area contributed by atoms with Gasteiger partial charge in [-0.25, -0.2) is 19.3 Å². The average molecular weight is 584 g/mol. The highest BCUT2D eigenvalue weighted by molar-refractivity contribution is 7.19.